The van der Waals surface area contributed by atoms with Crippen LogP contribution in [0.5, 0.6) is 0 Å². The number of aryl methyl sites for hydroxylation is 1. The quantitative estimate of drug-likeness (QED) is 0.837. The van der Waals surface area contributed by atoms with Crippen LogP contribution >= 0.6 is 0 Å². The SMILES string of the molecule is Cn1cnnc1C(CC1CC1)c1cccc(N)c1. The maximum Gasteiger partial charge on any atom is 0.140 e. The Morgan fingerprint density at radius 1 is 1.44 bits per heavy atom. The number of nitrogens with zero attached hydrogens (tertiary/aromatic N) is 3. The Morgan fingerprint density at radius 2 is 2.28 bits per heavy atom. The summed E-state index contributed by atoms with van der Waals surface area (Å²) in [5.41, 5.74) is 7.95. The molecular formula is C14H18N4. The molecule has 0 spiro atoms. The van der Waals surface area contributed by atoms with Gasteiger partial charge in [-0.1, -0.05) is 25.0 Å². The summed E-state index contributed by atoms with van der Waals surface area (Å²) in [6.45, 7) is 0. The molecule has 1 aromatic heterocycles. The van der Waals surface area contributed by atoms with Crippen molar-refractivity contribution in [1.82, 2.24) is 14.8 Å². The smallest absolute Gasteiger partial charge is 0.140 e. The lowest BCUT2D eigenvalue weighted by Gasteiger charge is -2.16. The Morgan fingerprint density at radius 3 is 2.89 bits per heavy atom. The standard InChI is InChI=1S/C14H18N4/c1-18-9-16-17-14(18)13(7-10-5-6-10)11-3-2-4-12(15)8-11/h2-4,8-10,13H,5-7,15H2,1H3. The lowest BCUT2D eigenvalue weighted by molar-refractivity contribution is 0.595. The predicted molar refractivity (Wildman–Crippen MR) is 71.0 cm³/mol. The highest BCUT2D eigenvalue weighted by molar-refractivity contribution is 5.43. The molecule has 94 valence electrons. The third kappa shape index (κ3) is 2.23. The van der Waals surface area contributed by atoms with E-state index in [1.54, 1.807) is 6.33 Å². The highest BCUT2D eigenvalue weighted by Gasteiger charge is 2.29. The van der Waals surface area contributed by atoms with Crippen LogP contribution < -0.4 is 5.73 Å². The van der Waals surface area contributed by atoms with Crippen LogP contribution in [-0.2, 0) is 7.05 Å². The first-order valence-electron chi connectivity index (χ1n) is 6.43. The molecule has 1 saturated carbocycles. The van der Waals surface area contributed by atoms with Gasteiger partial charge >= 0.3 is 0 Å². The van der Waals surface area contributed by atoms with Crippen LogP contribution in [0.25, 0.3) is 0 Å². The second kappa shape index (κ2) is 4.44. The van der Waals surface area contributed by atoms with Crippen molar-refractivity contribution in [2.24, 2.45) is 13.0 Å². The first-order valence-corrected chi connectivity index (χ1v) is 6.43. The second-order valence-corrected chi connectivity index (χ2v) is 5.20. The maximum atomic E-state index is 5.89. The van der Waals surface area contributed by atoms with E-state index in [2.05, 4.69) is 22.3 Å². The minimum absolute atomic E-state index is 0.313. The Kier molecular flexibility index (Phi) is 2.78. The molecule has 2 N–H and O–H groups in total. The van der Waals surface area contributed by atoms with Crippen LogP contribution in [0.3, 0.4) is 0 Å². The lowest BCUT2D eigenvalue weighted by atomic mass is 9.92. The number of aromatic nitrogens is 3. The zero-order valence-electron chi connectivity index (χ0n) is 10.6. The average Bonchev–Trinajstić information content (AvgIpc) is 3.08. The van der Waals surface area contributed by atoms with Crippen molar-refractivity contribution in [3.8, 4) is 0 Å². The lowest BCUT2D eigenvalue weighted by Crippen LogP contribution is -2.09. The van der Waals surface area contributed by atoms with Crippen LogP contribution in [0.2, 0.25) is 0 Å². The minimum atomic E-state index is 0.313. The zero-order chi connectivity index (χ0) is 12.5. The van der Waals surface area contributed by atoms with Crippen molar-refractivity contribution < 1.29 is 0 Å². The molecule has 0 amide bonds. The molecule has 1 fully saturated rings. The molecule has 0 bridgehead atoms. The van der Waals surface area contributed by atoms with Gasteiger partial charge in [0.1, 0.15) is 12.2 Å². The third-order valence-corrected chi connectivity index (χ3v) is 3.64. The number of benzene rings is 1. The van der Waals surface area contributed by atoms with Gasteiger partial charge in [0.25, 0.3) is 0 Å². The number of hydrogen-bond acceptors (Lipinski definition) is 3. The highest BCUT2D eigenvalue weighted by Crippen LogP contribution is 2.41. The third-order valence-electron chi connectivity index (χ3n) is 3.64. The van der Waals surface area contributed by atoms with Gasteiger partial charge in [0.15, 0.2) is 0 Å². The average molecular weight is 242 g/mol. The van der Waals surface area contributed by atoms with Crippen molar-refractivity contribution in [1.29, 1.82) is 0 Å². The largest absolute Gasteiger partial charge is 0.399 e. The molecule has 1 aliphatic carbocycles. The van der Waals surface area contributed by atoms with E-state index in [4.69, 9.17) is 5.73 Å². The number of anilines is 1. The van der Waals surface area contributed by atoms with E-state index in [0.717, 1.165) is 23.9 Å². The summed E-state index contributed by atoms with van der Waals surface area (Å²) in [5, 5.41) is 8.28. The minimum Gasteiger partial charge on any atom is -0.399 e. The molecule has 3 rings (SSSR count). The van der Waals surface area contributed by atoms with Gasteiger partial charge in [-0.15, -0.1) is 10.2 Å². The monoisotopic (exact) mass is 242 g/mol. The van der Waals surface area contributed by atoms with E-state index in [9.17, 15) is 0 Å². The Balaban J connectivity index is 1.96. The number of nitrogen functional groups attached to an aromatic ring is 1. The van der Waals surface area contributed by atoms with Crippen molar-refractivity contribution in [2.75, 3.05) is 5.73 Å². The van der Waals surface area contributed by atoms with E-state index in [1.807, 2.05) is 23.7 Å². The van der Waals surface area contributed by atoms with E-state index in [-0.39, 0.29) is 0 Å². The van der Waals surface area contributed by atoms with Gasteiger partial charge < -0.3 is 10.3 Å². The molecule has 1 unspecified atom stereocenters. The van der Waals surface area contributed by atoms with Crippen molar-refractivity contribution in [2.45, 2.75) is 25.2 Å². The molecule has 1 aliphatic rings. The second-order valence-electron chi connectivity index (χ2n) is 5.20. The molecular weight excluding hydrogens is 224 g/mol. The van der Waals surface area contributed by atoms with Crippen LogP contribution in [0.1, 0.15) is 36.6 Å². The van der Waals surface area contributed by atoms with Crippen molar-refractivity contribution in [3.63, 3.8) is 0 Å². The summed E-state index contributed by atoms with van der Waals surface area (Å²) in [7, 11) is 2.00. The summed E-state index contributed by atoms with van der Waals surface area (Å²) < 4.78 is 2.01. The molecule has 4 heteroatoms. The fourth-order valence-electron chi connectivity index (χ4n) is 2.46. The number of nitrogens with two attached hydrogens (primary N) is 1. The predicted octanol–water partition coefficient (Wildman–Crippen LogP) is 2.33. The first kappa shape index (κ1) is 11.3. The van der Waals surface area contributed by atoms with Gasteiger partial charge in [-0.25, -0.2) is 0 Å². The van der Waals surface area contributed by atoms with Gasteiger partial charge in [-0.2, -0.15) is 0 Å². The summed E-state index contributed by atoms with van der Waals surface area (Å²) in [6, 6.07) is 8.13. The molecule has 2 aromatic rings. The zero-order valence-corrected chi connectivity index (χ0v) is 10.6. The van der Waals surface area contributed by atoms with E-state index < -0.39 is 0 Å². The molecule has 1 atom stereocenters. The molecule has 1 heterocycles. The Labute approximate surface area is 107 Å². The highest BCUT2D eigenvalue weighted by atomic mass is 15.2. The fourth-order valence-corrected chi connectivity index (χ4v) is 2.46. The van der Waals surface area contributed by atoms with Crippen LogP contribution in [0, 0.1) is 5.92 Å². The fraction of sp³-hybridized carbons (Fsp3) is 0.429. The summed E-state index contributed by atoms with van der Waals surface area (Å²) >= 11 is 0. The van der Waals surface area contributed by atoms with Crippen LogP contribution in [0.15, 0.2) is 30.6 Å². The molecule has 4 nitrogen and oxygen atoms in total. The summed E-state index contributed by atoms with van der Waals surface area (Å²) in [6.07, 6.45) is 5.60. The van der Waals surface area contributed by atoms with Crippen molar-refractivity contribution in [3.05, 3.63) is 42.0 Å². The van der Waals surface area contributed by atoms with E-state index in [1.165, 1.54) is 18.4 Å². The summed E-state index contributed by atoms with van der Waals surface area (Å²) in [4.78, 5) is 0. The van der Waals surface area contributed by atoms with E-state index >= 15 is 0 Å². The molecule has 0 aliphatic heterocycles. The topological polar surface area (TPSA) is 56.7 Å². The van der Waals surface area contributed by atoms with Gasteiger partial charge in [-0.3, -0.25) is 0 Å². The maximum absolute atomic E-state index is 5.89. The molecule has 0 saturated heterocycles. The first-order chi connectivity index (χ1) is 8.74. The molecule has 0 radical (unpaired) electrons. The Bertz CT molecular complexity index is 542. The van der Waals surface area contributed by atoms with Crippen LogP contribution in [0.4, 0.5) is 5.69 Å². The number of hydrogen-bond donors (Lipinski definition) is 1. The summed E-state index contributed by atoms with van der Waals surface area (Å²) in [5.74, 6) is 2.19. The molecule has 1 aromatic carbocycles. The normalized spacial score (nSPS) is 16.7. The Hall–Kier alpha value is -1.84. The van der Waals surface area contributed by atoms with Gasteiger partial charge in [0, 0.05) is 18.7 Å². The van der Waals surface area contributed by atoms with Crippen molar-refractivity contribution >= 4 is 5.69 Å². The van der Waals surface area contributed by atoms with E-state index in [0.29, 0.717) is 5.92 Å². The van der Waals surface area contributed by atoms with Gasteiger partial charge in [0.05, 0.1) is 0 Å². The molecule has 18 heavy (non-hydrogen) atoms. The van der Waals surface area contributed by atoms with Crippen LogP contribution in [-0.4, -0.2) is 14.8 Å². The van der Waals surface area contributed by atoms with Gasteiger partial charge in [-0.05, 0) is 30.0 Å². The number of rotatable bonds is 4. The van der Waals surface area contributed by atoms with Gasteiger partial charge in [0.2, 0.25) is 0 Å².